The highest BCUT2D eigenvalue weighted by atomic mass is 16.3. The summed E-state index contributed by atoms with van der Waals surface area (Å²) in [4.78, 5) is 0. The summed E-state index contributed by atoms with van der Waals surface area (Å²) in [5.41, 5.74) is 7.55. The van der Waals surface area contributed by atoms with Crippen molar-refractivity contribution in [2.75, 3.05) is 0 Å². The van der Waals surface area contributed by atoms with Crippen LogP contribution in [0.2, 0.25) is 0 Å². The van der Waals surface area contributed by atoms with Crippen LogP contribution in [-0.4, -0.2) is 0 Å². The molecule has 0 spiro atoms. The molecule has 0 unspecified atom stereocenters. The second kappa shape index (κ2) is 8.08. The summed E-state index contributed by atoms with van der Waals surface area (Å²) >= 11 is 0. The number of furan rings is 2. The van der Waals surface area contributed by atoms with Crippen LogP contribution >= 0.6 is 0 Å². The summed E-state index contributed by atoms with van der Waals surface area (Å²) in [6.07, 6.45) is 1.75. The minimum Gasteiger partial charge on any atom is -0.464 e. The Morgan fingerprint density at radius 2 is 0.950 bits per heavy atom. The predicted octanol–water partition coefficient (Wildman–Crippen LogP) is 11.1. The highest BCUT2D eigenvalue weighted by Crippen LogP contribution is 2.45. The van der Waals surface area contributed by atoms with E-state index in [4.69, 9.17) is 8.83 Å². The Bertz CT molecular complexity index is 2380. The second-order valence-electron chi connectivity index (χ2n) is 10.5. The highest BCUT2D eigenvalue weighted by molar-refractivity contribution is 6.23. The van der Waals surface area contributed by atoms with Gasteiger partial charge in [-0.05, 0) is 91.0 Å². The van der Waals surface area contributed by atoms with Crippen molar-refractivity contribution < 1.29 is 8.83 Å². The summed E-state index contributed by atoms with van der Waals surface area (Å²) in [6, 6.07) is 45.6. The highest BCUT2D eigenvalue weighted by Gasteiger charge is 2.18. The molecule has 0 fully saturated rings. The van der Waals surface area contributed by atoms with Crippen molar-refractivity contribution in [2.24, 2.45) is 0 Å². The summed E-state index contributed by atoms with van der Waals surface area (Å²) in [5.74, 6) is 0. The maximum atomic E-state index is 6.27. The molecule has 7 aromatic carbocycles. The summed E-state index contributed by atoms with van der Waals surface area (Å²) in [5, 5.41) is 10.8. The van der Waals surface area contributed by atoms with Crippen molar-refractivity contribution in [2.45, 2.75) is 0 Å². The van der Waals surface area contributed by atoms with Crippen LogP contribution in [0.25, 0.3) is 87.5 Å². The molecule has 40 heavy (non-hydrogen) atoms. The zero-order chi connectivity index (χ0) is 26.2. The molecule has 9 rings (SSSR count). The summed E-state index contributed by atoms with van der Waals surface area (Å²) in [6.45, 7) is 0. The number of benzene rings is 7. The van der Waals surface area contributed by atoms with Crippen LogP contribution in [0, 0.1) is 0 Å². The maximum Gasteiger partial charge on any atom is 0.136 e. The molecule has 186 valence electrons. The third kappa shape index (κ3) is 2.99. The molecule has 0 aliphatic carbocycles. The molecule has 2 nitrogen and oxygen atoms in total. The van der Waals surface area contributed by atoms with Gasteiger partial charge in [-0.1, -0.05) is 91.0 Å². The van der Waals surface area contributed by atoms with E-state index in [0.717, 1.165) is 32.9 Å². The van der Waals surface area contributed by atoms with E-state index in [2.05, 4.69) is 109 Å². The van der Waals surface area contributed by atoms with Crippen LogP contribution < -0.4 is 0 Å². The first-order chi connectivity index (χ1) is 19.8. The fraction of sp³-hybridized carbons (Fsp3) is 0. The van der Waals surface area contributed by atoms with Gasteiger partial charge in [0.05, 0.1) is 6.26 Å². The van der Waals surface area contributed by atoms with Gasteiger partial charge in [-0.15, -0.1) is 0 Å². The first-order valence-electron chi connectivity index (χ1n) is 13.6. The fourth-order valence-electron chi connectivity index (χ4n) is 6.57. The Morgan fingerprint density at radius 3 is 1.68 bits per heavy atom. The first kappa shape index (κ1) is 21.6. The lowest BCUT2D eigenvalue weighted by Crippen LogP contribution is -1.91. The average Bonchev–Trinajstić information content (AvgIpc) is 3.63. The van der Waals surface area contributed by atoms with Crippen molar-refractivity contribution in [1.82, 2.24) is 0 Å². The fourth-order valence-corrected chi connectivity index (χ4v) is 6.57. The number of rotatable bonds is 2. The van der Waals surface area contributed by atoms with E-state index in [0.29, 0.717) is 0 Å². The molecule has 2 heterocycles. The third-order valence-electron chi connectivity index (χ3n) is 8.32. The molecule has 2 aromatic heterocycles. The van der Waals surface area contributed by atoms with Crippen LogP contribution in [0.5, 0.6) is 0 Å². The van der Waals surface area contributed by atoms with Gasteiger partial charge in [-0.25, -0.2) is 0 Å². The number of hydrogen-bond acceptors (Lipinski definition) is 2. The van der Waals surface area contributed by atoms with Gasteiger partial charge in [0.2, 0.25) is 0 Å². The van der Waals surface area contributed by atoms with Gasteiger partial charge in [0.15, 0.2) is 0 Å². The van der Waals surface area contributed by atoms with Crippen LogP contribution in [-0.2, 0) is 0 Å². The van der Waals surface area contributed by atoms with E-state index in [1.165, 1.54) is 54.6 Å². The molecule has 0 saturated carbocycles. The molecule has 2 heteroatoms. The lowest BCUT2D eigenvalue weighted by Gasteiger charge is -2.18. The van der Waals surface area contributed by atoms with Gasteiger partial charge >= 0.3 is 0 Å². The minimum absolute atomic E-state index is 0.872. The molecular formula is C38H22O2. The van der Waals surface area contributed by atoms with E-state index in [1.54, 1.807) is 6.26 Å². The van der Waals surface area contributed by atoms with Gasteiger partial charge in [-0.3, -0.25) is 0 Å². The van der Waals surface area contributed by atoms with Crippen LogP contribution in [0.1, 0.15) is 0 Å². The largest absolute Gasteiger partial charge is 0.464 e. The molecular weight excluding hydrogens is 488 g/mol. The molecule has 9 aromatic rings. The number of fused-ring (bicyclic) bond motifs is 8. The smallest absolute Gasteiger partial charge is 0.136 e. The summed E-state index contributed by atoms with van der Waals surface area (Å²) < 4.78 is 12.0. The van der Waals surface area contributed by atoms with Gasteiger partial charge in [0.1, 0.15) is 16.7 Å². The van der Waals surface area contributed by atoms with Crippen molar-refractivity contribution in [3.8, 4) is 22.3 Å². The van der Waals surface area contributed by atoms with Gasteiger partial charge in [0, 0.05) is 16.2 Å². The average molecular weight is 511 g/mol. The Balaban J connectivity index is 1.39. The molecule has 0 radical (unpaired) electrons. The van der Waals surface area contributed by atoms with Crippen LogP contribution in [0.15, 0.2) is 142 Å². The van der Waals surface area contributed by atoms with E-state index >= 15 is 0 Å². The molecule has 0 atom stereocenters. The molecule has 0 aliphatic heterocycles. The Morgan fingerprint density at radius 1 is 0.375 bits per heavy atom. The zero-order valence-corrected chi connectivity index (χ0v) is 21.5. The van der Waals surface area contributed by atoms with E-state index in [-0.39, 0.29) is 0 Å². The number of hydrogen-bond donors (Lipinski definition) is 0. The lowest BCUT2D eigenvalue weighted by atomic mass is 9.85. The topological polar surface area (TPSA) is 26.3 Å². The second-order valence-corrected chi connectivity index (χ2v) is 10.5. The van der Waals surface area contributed by atoms with E-state index in [9.17, 15) is 0 Å². The Labute approximate surface area is 229 Å². The van der Waals surface area contributed by atoms with E-state index in [1.807, 2.05) is 18.2 Å². The minimum atomic E-state index is 0.872. The monoisotopic (exact) mass is 510 g/mol. The SMILES string of the molecule is c1ccc2cc(-c3c4ccccc4c(-c4ccc5oc6ccc7occc7c6c5c4)c4ccccc34)ccc2c1. The molecule has 0 saturated heterocycles. The van der Waals surface area contributed by atoms with Crippen molar-refractivity contribution >= 4 is 65.2 Å². The predicted molar refractivity (Wildman–Crippen MR) is 167 cm³/mol. The van der Waals surface area contributed by atoms with Crippen molar-refractivity contribution in [3.05, 3.63) is 134 Å². The Kier molecular flexibility index (Phi) is 4.36. The van der Waals surface area contributed by atoms with Gasteiger partial charge in [-0.2, -0.15) is 0 Å². The quantitative estimate of drug-likeness (QED) is 0.216. The van der Waals surface area contributed by atoms with Crippen molar-refractivity contribution in [1.29, 1.82) is 0 Å². The first-order valence-corrected chi connectivity index (χ1v) is 13.6. The Hall–Kier alpha value is -5.34. The molecule has 0 amide bonds. The van der Waals surface area contributed by atoms with Crippen LogP contribution in [0.4, 0.5) is 0 Å². The van der Waals surface area contributed by atoms with Crippen molar-refractivity contribution in [3.63, 3.8) is 0 Å². The summed E-state index contributed by atoms with van der Waals surface area (Å²) in [7, 11) is 0. The molecule has 0 bridgehead atoms. The van der Waals surface area contributed by atoms with Gasteiger partial charge in [0.25, 0.3) is 0 Å². The standard InChI is InChI=1S/C38H22O2/c1-2-8-24-21-25(14-13-23(24)7-1)36-27-9-3-5-11-29(27)37(30-12-6-4-10-28(30)36)26-15-16-34-32(22-26)38-31-19-20-39-33(31)17-18-35(38)40-34/h1-22H. The van der Waals surface area contributed by atoms with E-state index < -0.39 is 0 Å². The molecule has 0 N–H and O–H groups in total. The maximum absolute atomic E-state index is 6.27. The van der Waals surface area contributed by atoms with Crippen LogP contribution in [0.3, 0.4) is 0 Å². The zero-order valence-electron chi connectivity index (χ0n) is 21.5. The molecule has 0 aliphatic rings. The third-order valence-corrected chi connectivity index (χ3v) is 8.32. The van der Waals surface area contributed by atoms with Gasteiger partial charge < -0.3 is 8.83 Å². The normalized spacial score (nSPS) is 12.0. The lowest BCUT2D eigenvalue weighted by molar-refractivity contribution is 0.615.